The first-order valence-corrected chi connectivity index (χ1v) is 9.74. The summed E-state index contributed by atoms with van der Waals surface area (Å²) in [4.78, 5) is 0. The van der Waals surface area contributed by atoms with Gasteiger partial charge in [-0.25, -0.2) is 0 Å². The quantitative estimate of drug-likeness (QED) is 0.464. The number of ether oxygens (including phenoxy) is 2. The molecule has 2 aromatic rings. The van der Waals surface area contributed by atoms with Gasteiger partial charge in [0, 0.05) is 41.8 Å². The molecule has 0 radical (unpaired) electrons. The van der Waals surface area contributed by atoms with E-state index >= 15 is 0 Å². The highest BCUT2D eigenvalue weighted by Crippen LogP contribution is 2.30. The predicted octanol–water partition coefficient (Wildman–Crippen LogP) is 3.64. The van der Waals surface area contributed by atoms with Crippen molar-refractivity contribution in [3.05, 3.63) is 57.6 Å². The van der Waals surface area contributed by atoms with Gasteiger partial charge in [0.05, 0.1) is 13.2 Å². The minimum atomic E-state index is 0.153. The normalized spacial score (nSPS) is 10.8. The van der Waals surface area contributed by atoms with Gasteiger partial charge in [0.15, 0.2) is 11.5 Å². The molecule has 0 aromatic heterocycles. The average molecular weight is 413 g/mol. The summed E-state index contributed by atoms with van der Waals surface area (Å²) in [7, 11) is 0. The van der Waals surface area contributed by atoms with Crippen LogP contribution in [0.4, 0.5) is 0 Å². The second-order valence-corrected chi connectivity index (χ2v) is 6.73. The van der Waals surface area contributed by atoms with E-state index in [4.69, 9.17) is 37.8 Å². The minimum absolute atomic E-state index is 0.153. The lowest BCUT2D eigenvalue weighted by molar-refractivity contribution is 0.269. The van der Waals surface area contributed by atoms with Gasteiger partial charge in [0.25, 0.3) is 0 Å². The Morgan fingerprint density at radius 3 is 2.48 bits per heavy atom. The Bertz CT molecular complexity index is 714. The van der Waals surface area contributed by atoms with Crippen LogP contribution in [0.15, 0.2) is 36.4 Å². The van der Waals surface area contributed by atoms with Crippen LogP contribution >= 0.6 is 23.2 Å². The molecule has 3 N–H and O–H groups in total. The average Bonchev–Trinajstić information content (AvgIpc) is 2.65. The molecule has 0 spiro atoms. The summed E-state index contributed by atoms with van der Waals surface area (Å²) in [5.41, 5.74) is 1.97. The monoisotopic (exact) mass is 412 g/mol. The standard InChI is InChI=1S/C20H26Cl2N2O3/c1-2-26-20-11-15(13-24-8-7-23-9-10-25)3-6-19(20)27-14-16-4-5-17(21)12-18(16)22/h3-6,11-12,23-25H,2,7-10,13-14H2,1H3. The number of aliphatic hydroxyl groups is 1. The van der Waals surface area contributed by atoms with Gasteiger partial charge in [0.2, 0.25) is 0 Å². The molecule has 0 aliphatic carbocycles. The lowest BCUT2D eigenvalue weighted by atomic mass is 10.2. The maximum atomic E-state index is 8.73. The Morgan fingerprint density at radius 2 is 1.74 bits per heavy atom. The highest BCUT2D eigenvalue weighted by atomic mass is 35.5. The number of rotatable bonds is 12. The molecular formula is C20H26Cl2N2O3. The van der Waals surface area contributed by atoms with Gasteiger partial charge in [-0.3, -0.25) is 0 Å². The molecule has 0 heterocycles. The van der Waals surface area contributed by atoms with Crippen LogP contribution in [-0.4, -0.2) is 38.0 Å². The maximum absolute atomic E-state index is 8.73. The van der Waals surface area contributed by atoms with E-state index in [0.29, 0.717) is 41.3 Å². The third-order valence-corrected chi connectivity index (χ3v) is 4.39. The Balaban J connectivity index is 1.93. The van der Waals surface area contributed by atoms with Gasteiger partial charge in [-0.15, -0.1) is 0 Å². The van der Waals surface area contributed by atoms with Crippen molar-refractivity contribution in [1.29, 1.82) is 0 Å². The zero-order valence-electron chi connectivity index (χ0n) is 15.4. The van der Waals surface area contributed by atoms with E-state index in [0.717, 1.165) is 30.8 Å². The van der Waals surface area contributed by atoms with Gasteiger partial charge in [-0.05, 0) is 36.8 Å². The molecule has 27 heavy (non-hydrogen) atoms. The van der Waals surface area contributed by atoms with Crippen molar-refractivity contribution >= 4 is 23.2 Å². The van der Waals surface area contributed by atoms with E-state index in [-0.39, 0.29) is 6.61 Å². The fourth-order valence-corrected chi connectivity index (χ4v) is 2.92. The maximum Gasteiger partial charge on any atom is 0.161 e. The Hall–Kier alpha value is -1.50. The Kier molecular flexibility index (Phi) is 9.73. The highest BCUT2D eigenvalue weighted by molar-refractivity contribution is 6.35. The summed E-state index contributed by atoms with van der Waals surface area (Å²) in [6, 6.07) is 11.3. The number of nitrogens with one attached hydrogen (secondary N) is 2. The molecule has 0 saturated carbocycles. The molecule has 0 aliphatic heterocycles. The fourth-order valence-electron chi connectivity index (χ4n) is 2.46. The zero-order chi connectivity index (χ0) is 19.5. The number of aliphatic hydroxyl groups excluding tert-OH is 1. The Labute approximate surface area is 170 Å². The SMILES string of the molecule is CCOc1cc(CNCCNCCO)ccc1OCc1ccc(Cl)cc1Cl. The summed E-state index contributed by atoms with van der Waals surface area (Å²) in [5.74, 6) is 1.39. The number of halogens is 2. The number of hydrogen-bond donors (Lipinski definition) is 3. The van der Waals surface area contributed by atoms with E-state index in [9.17, 15) is 0 Å². The number of hydrogen-bond acceptors (Lipinski definition) is 5. The lowest BCUT2D eigenvalue weighted by Crippen LogP contribution is -2.28. The topological polar surface area (TPSA) is 62.8 Å². The highest BCUT2D eigenvalue weighted by Gasteiger charge is 2.09. The van der Waals surface area contributed by atoms with Crippen molar-refractivity contribution in [2.24, 2.45) is 0 Å². The first-order valence-electron chi connectivity index (χ1n) is 8.98. The van der Waals surface area contributed by atoms with Gasteiger partial charge < -0.3 is 25.2 Å². The van der Waals surface area contributed by atoms with Gasteiger partial charge in [-0.2, -0.15) is 0 Å². The zero-order valence-corrected chi connectivity index (χ0v) is 16.9. The van der Waals surface area contributed by atoms with Crippen molar-refractivity contribution in [3.63, 3.8) is 0 Å². The smallest absolute Gasteiger partial charge is 0.161 e. The van der Waals surface area contributed by atoms with Crippen molar-refractivity contribution in [3.8, 4) is 11.5 Å². The van der Waals surface area contributed by atoms with Crippen LogP contribution in [0.1, 0.15) is 18.1 Å². The minimum Gasteiger partial charge on any atom is -0.490 e. The number of benzene rings is 2. The predicted molar refractivity (Wildman–Crippen MR) is 110 cm³/mol. The summed E-state index contributed by atoms with van der Waals surface area (Å²) in [6.07, 6.45) is 0. The molecule has 2 rings (SSSR count). The molecule has 0 aliphatic rings. The fraction of sp³-hybridized carbons (Fsp3) is 0.400. The summed E-state index contributed by atoms with van der Waals surface area (Å²) >= 11 is 12.1. The molecule has 7 heteroatoms. The van der Waals surface area contributed by atoms with Crippen molar-refractivity contribution in [2.75, 3.05) is 32.8 Å². The van der Waals surface area contributed by atoms with E-state index in [1.165, 1.54) is 0 Å². The summed E-state index contributed by atoms with van der Waals surface area (Å²) < 4.78 is 11.6. The Morgan fingerprint density at radius 1 is 0.926 bits per heavy atom. The molecule has 5 nitrogen and oxygen atoms in total. The van der Waals surface area contributed by atoms with Crippen LogP contribution in [0, 0.1) is 0 Å². The molecule has 148 valence electrons. The summed E-state index contributed by atoms with van der Waals surface area (Å²) in [6.45, 7) is 5.95. The van der Waals surface area contributed by atoms with E-state index in [1.54, 1.807) is 12.1 Å². The third kappa shape index (κ3) is 7.56. The second kappa shape index (κ2) is 12.1. The lowest BCUT2D eigenvalue weighted by Gasteiger charge is -2.14. The van der Waals surface area contributed by atoms with Crippen LogP contribution in [0.3, 0.4) is 0 Å². The molecule has 0 bridgehead atoms. The molecule has 0 atom stereocenters. The molecule has 0 saturated heterocycles. The van der Waals surface area contributed by atoms with Crippen LogP contribution in [0.25, 0.3) is 0 Å². The van der Waals surface area contributed by atoms with Crippen LogP contribution < -0.4 is 20.1 Å². The van der Waals surface area contributed by atoms with E-state index < -0.39 is 0 Å². The molecule has 2 aromatic carbocycles. The first-order chi connectivity index (χ1) is 13.1. The van der Waals surface area contributed by atoms with Crippen LogP contribution in [0.2, 0.25) is 10.0 Å². The second-order valence-electron chi connectivity index (χ2n) is 5.89. The summed E-state index contributed by atoms with van der Waals surface area (Å²) in [5, 5.41) is 16.4. The van der Waals surface area contributed by atoms with Gasteiger partial charge >= 0.3 is 0 Å². The van der Waals surface area contributed by atoms with E-state index in [1.807, 2.05) is 31.2 Å². The van der Waals surface area contributed by atoms with Crippen LogP contribution in [-0.2, 0) is 13.2 Å². The van der Waals surface area contributed by atoms with Gasteiger partial charge in [-0.1, -0.05) is 35.3 Å². The molecule has 0 unspecified atom stereocenters. The molecule has 0 amide bonds. The van der Waals surface area contributed by atoms with Crippen LogP contribution in [0.5, 0.6) is 11.5 Å². The van der Waals surface area contributed by atoms with Crippen molar-refractivity contribution in [1.82, 2.24) is 10.6 Å². The van der Waals surface area contributed by atoms with E-state index in [2.05, 4.69) is 10.6 Å². The van der Waals surface area contributed by atoms with Crippen molar-refractivity contribution < 1.29 is 14.6 Å². The first kappa shape index (κ1) is 21.8. The largest absolute Gasteiger partial charge is 0.490 e. The molecule has 0 fully saturated rings. The van der Waals surface area contributed by atoms with Crippen molar-refractivity contribution in [2.45, 2.75) is 20.1 Å². The molecular weight excluding hydrogens is 387 g/mol. The van der Waals surface area contributed by atoms with Gasteiger partial charge in [0.1, 0.15) is 6.61 Å². The third-order valence-electron chi connectivity index (χ3n) is 3.80.